The second-order valence-corrected chi connectivity index (χ2v) is 4.20. The minimum atomic E-state index is 0.644. The molecule has 0 bridgehead atoms. The first kappa shape index (κ1) is 13.3. The molecule has 0 spiro atoms. The van der Waals surface area contributed by atoms with Crippen molar-refractivity contribution in [1.82, 2.24) is 9.97 Å². The molecule has 19 heavy (non-hydrogen) atoms. The van der Waals surface area contributed by atoms with Gasteiger partial charge in [0.05, 0.1) is 6.61 Å². The van der Waals surface area contributed by atoms with Gasteiger partial charge in [0.15, 0.2) is 0 Å². The number of aromatic nitrogens is 2. The predicted molar refractivity (Wildman–Crippen MR) is 76.9 cm³/mol. The molecule has 0 amide bonds. The van der Waals surface area contributed by atoms with E-state index in [1.807, 2.05) is 18.2 Å². The van der Waals surface area contributed by atoms with Crippen molar-refractivity contribution in [2.45, 2.75) is 6.92 Å². The van der Waals surface area contributed by atoms with Crippen molar-refractivity contribution in [3.05, 3.63) is 42.2 Å². The maximum atomic E-state index is 4.98. The third kappa shape index (κ3) is 4.22. The fraction of sp³-hybridized carbons (Fsp3) is 0.286. The van der Waals surface area contributed by atoms with Gasteiger partial charge in [-0.25, -0.2) is 9.97 Å². The Hall–Kier alpha value is -2.14. The van der Waals surface area contributed by atoms with Crippen LogP contribution < -0.4 is 10.6 Å². The highest BCUT2D eigenvalue weighted by Crippen LogP contribution is 2.16. The van der Waals surface area contributed by atoms with Crippen LogP contribution in [0.2, 0.25) is 0 Å². The van der Waals surface area contributed by atoms with E-state index in [2.05, 4.69) is 39.7 Å². The van der Waals surface area contributed by atoms with Gasteiger partial charge < -0.3 is 15.4 Å². The van der Waals surface area contributed by atoms with Crippen molar-refractivity contribution in [3.63, 3.8) is 0 Å². The molecule has 2 aromatic rings. The summed E-state index contributed by atoms with van der Waals surface area (Å²) in [5.41, 5.74) is 2.24. The van der Waals surface area contributed by atoms with E-state index < -0.39 is 0 Å². The highest BCUT2D eigenvalue weighted by atomic mass is 16.5. The molecular formula is C14H18N4O. The molecule has 1 aromatic heterocycles. The van der Waals surface area contributed by atoms with Gasteiger partial charge in [-0.05, 0) is 19.1 Å². The number of benzene rings is 1. The minimum absolute atomic E-state index is 0.644. The summed E-state index contributed by atoms with van der Waals surface area (Å²) >= 11 is 0. The summed E-state index contributed by atoms with van der Waals surface area (Å²) in [6.45, 7) is 3.43. The van der Waals surface area contributed by atoms with Gasteiger partial charge in [0.2, 0.25) is 0 Å². The number of nitrogens with zero attached hydrogens (tertiary/aromatic N) is 2. The Balaban J connectivity index is 2.00. The zero-order valence-corrected chi connectivity index (χ0v) is 11.2. The number of methoxy groups -OCH3 is 1. The zero-order chi connectivity index (χ0) is 13.5. The van der Waals surface area contributed by atoms with E-state index in [1.54, 1.807) is 7.11 Å². The summed E-state index contributed by atoms with van der Waals surface area (Å²) in [4.78, 5) is 8.34. The predicted octanol–water partition coefficient (Wildman–Crippen LogP) is 2.59. The van der Waals surface area contributed by atoms with E-state index in [1.165, 1.54) is 11.9 Å². The van der Waals surface area contributed by atoms with Crippen LogP contribution in [0.3, 0.4) is 0 Å². The molecule has 5 nitrogen and oxygen atoms in total. The number of rotatable bonds is 6. The van der Waals surface area contributed by atoms with Gasteiger partial charge in [-0.1, -0.05) is 17.7 Å². The van der Waals surface area contributed by atoms with Gasteiger partial charge in [-0.3, -0.25) is 0 Å². The van der Waals surface area contributed by atoms with Crippen molar-refractivity contribution in [2.24, 2.45) is 0 Å². The average molecular weight is 258 g/mol. The molecule has 0 atom stereocenters. The molecule has 0 radical (unpaired) electrons. The first-order chi connectivity index (χ1) is 9.28. The molecule has 0 aliphatic heterocycles. The maximum absolute atomic E-state index is 4.98. The lowest BCUT2D eigenvalue weighted by molar-refractivity contribution is 0.210. The van der Waals surface area contributed by atoms with Crippen LogP contribution in [0, 0.1) is 6.92 Å². The summed E-state index contributed by atoms with van der Waals surface area (Å²) in [7, 11) is 1.67. The van der Waals surface area contributed by atoms with Gasteiger partial charge in [0, 0.05) is 25.4 Å². The SMILES string of the molecule is COCCNc1cc(Nc2ccc(C)cc2)ncn1. The fourth-order valence-corrected chi connectivity index (χ4v) is 1.59. The molecule has 0 fully saturated rings. The van der Waals surface area contributed by atoms with Crippen LogP contribution in [0.1, 0.15) is 5.56 Å². The van der Waals surface area contributed by atoms with E-state index in [0.29, 0.717) is 6.61 Å². The largest absolute Gasteiger partial charge is 0.383 e. The topological polar surface area (TPSA) is 59.1 Å². The lowest BCUT2D eigenvalue weighted by atomic mass is 10.2. The summed E-state index contributed by atoms with van der Waals surface area (Å²) in [5, 5.41) is 6.40. The Labute approximate surface area is 113 Å². The van der Waals surface area contributed by atoms with Gasteiger partial charge in [0.1, 0.15) is 18.0 Å². The first-order valence-electron chi connectivity index (χ1n) is 6.16. The highest BCUT2D eigenvalue weighted by Gasteiger charge is 1.99. The van der Waals surface area contributed by atoms with Crippen LogP contribution >= 0.6 is 0 Å². The molecule has 0 aliphatic rings. The van der Waals surface area contributed by atoms with Gasteiger partial charge in [-0.15, -0.1) is 0 Å². The van der Waals surface area contributed by atoms with Gasteiger partial charge >= 0.3 is 0 Å². The van der Waals surface area contributed by atoms with Gasteiger partial charge in [-0.2, -0.15) is 0 Å². The highest BCUT2D eigenvalue weighted by molar-refractivity contribution is 5.58. The number of ether oxygens (including phenoxy) is 1. The van der Waals surface area contributed by atoms with E-state index in [-0.39, 0.29) is 0 Å². The zero-order valence-electron chi connectivity index (χ0n) is 11.2. The summed E-state index contributed by atoms with van der Waals surface area (Å²) in [6, 6.07) is 10.0. The molecule has 5 heteroatoms. The molecule has 0 saturated heterocycles. The number of nitrogens with one attached hydrogen (secondary N) is 2. The molecule has 100 valence electrons. The second-order valence-electron chi connectivity index (χ2n) is 4.20. The molecule has 0 saturated carbocycles. The van der Waals surface area contributed by atoms with Crippen LogP contribution in [0.5, 0.6) is 0 Å². The van der Waals surface area contributed by atoms with Crippen LogP contribution in [-0.2, 0) is 4.74 Å². The van der Waals surface area contributed by atoms with Crippen LogP contribution in [0.4, 0.5) is 17.3 Å². The van der Waals surface area contributed by atoms with Crippen molar-refractivity contribution in [1.29, 1.82) is 0 Å². The number of anilines is 3. The minimum Gasteiger partial charge on any atom is -0.383 e. The van der Waals surface area contributed by atoms with E-state index in [9.17, 15) is 0 Å². The Bertz CT molecular complexity index is 513. The first-order valence-corrected chi connectivity index (χ1v) is 6.16. The van der Waals surface area contributed by atoms with Crippen molar-refractivity contribution >= 4 is 17.3 Å². The Kier molecular flexibility index (Phi) is 4.69. The number of aryl methyl sites for hydroxylation is 1. The lowest BCUT2D eigenvalue weighted by Crippen LogP contribution is -2.09. The van der Waals surface area contributed by atoms with Crippen LogP contribution in [0.15, 0.2) is 36.7 Å². The lowest BCUT2D eigenvalue weighted by Gasteiger charge is -2.08. The fourth-order valence-electron chi connectivity index (χ4n) is 1.59. The Morgan fingerprint density at radius 3 is 2.58 bits per heavy atom. The summed E-state index contributed by atoms with van der Waals surface area (Å²) in [5.74, 6) is 1.54. The van der Waals surface area contributed by atoms with Crippen molar-refractivity contribution in [2.75, 3.05) is 30.9 Å². The van der Waals surface area contributed by atoms with E-state index >= 15 is 0 Å². The Morgan fingerprint density at radius 1 is 1.11 bits per heavy atom. The summed E-state index contributed by atoms with van der Waals surface area (Å²) < 4.78 is 4.98. The number of hydrogen-bond donors (Lipinski definition) is 2. The third-order valence-electron chi connectivity index (χ3n) is 2.60. The smallest absolute Gasteiger partial charge is 0.135 e. The monoisotopic (exact) mass is 258 g/mol. The maximum Gasteiger partial charge on any atom is 0.135 e. The standard InChI is InChI=1S/C14H18N4O/c1-11-3-5-12(6-4-11)18-14-9-13(16-10-17-14)15-7-8-19-2/h3-6,9-10H,7-8H2,1-2H3,(H2,15,16,17,18). The molecule has 2 rings (SSSR count). The molecule has 1 heterocycles. The van der Waals surface area contributed by atoms with Crippen molar-refractivity contribution < 1.29 is 4.74 Å². The number of hydrogen-bond acceptors (Lipinski definition) is 5. The second kappa shape index (κ2) is 6.70. The van der Waals surface area contributed by atoms with Gasteiger partial charge in [0.25, 0.3) is 0 Å². The van der Waals surface area contributed by atoms with E-state index in [0.717, 1.165) is 23.9 Å². The van der Waals surface area contributed by atoms with E-state index in [4.69, 9.17) is 4.74 Å². The Morgan fingerprint density at radius 2 is 1.84 bits per heavy atom. The van der Waals surface area contributed by atoms with Crippen molar-refractivity contribution in [3.8, 4) is 0 Å². The molecule has 2 N–H and O–H groups in total. The molecule has 0 aliphatic carbocycles. The van der Waals surface area contributed by atoms with Crippen LogP contribution in [0.25, 0.3) is 0 Å². The summed E-state index contributed by atoms with van der Waals surface area (Å²) in [6.07, 6.45) is 1.53. The average Bonchev–Trinajstić information content (AvgIpc) is 2.42. The molecular weight excluding hydrogens is 240 g/mol. The quantitative estimate of drug-likeness (QED) is 0.780. The van der Waals surface area contributed by atoms with Crippen LogP contribution in [-0.4, -0.2) is 30.2 Å². The third-order valence-corrected chi connectivity index (χ3v) is 2.60. The normalized spacial score (nSPS) is 10.2. The molecule has 1 aromatic carbocycles. The molecule has 0 unspecified atom stereocenters.